The molecular weight excluding hydrogens is 192 g/mol. The lowest BCUT2D eigenvalue weighted by molar-refractivity contribution is -0.112. The van der Waals surface area contributed by atoms with Crippen molar-refractivity contribution in [2.45, 2.75) is 26.7 Å². The molecule has 1 heterocycles. The number of rotatable bonds is 0. The van der Waals surface area contributed by atoms with Crippen LogP contribution in [0.4, 0.5) is 0 Å². The first kappa shape index (κ1) is 9.91. The average Bonchev–Trinajstić information content (AvgIpc) is 2.66. The van der Waals surface area contributed by atoms with Gasteiger partial charge in [0, 0.05) is 0 Å². The van der Waals surface area contributed by atoms with Crippen molar-refractivity contribution in [3.8, 4) is 0 Å². The number of ketones is 1. The van der Waals surface area contributed by atoms with Crippen LogP contribution in [0.2, 0.25) is 0 Å². The van der Waals surface area contributed by atoms with Crippen LogP contribution in [-0.2, 0) is 4.79 Å². The normalized spacial score (nSPS) is 23.9. The Labute approximate surface area is 87.8 Å². The fourth-order valence-electron chi connectivity index (χ4n) is 1.97. The Morgan fingerprint density at radius 2 is 1.57 bits per heavy atom. The van der Waals surface area contributed by atoms with Gasteiger partial charge in [0.2, 0.25) is 0 Å². The minimum absolute atomic E-state index is 0.219. The van der Waals surface area contributed by atoms with Gasteiger partial charge < -0.3 is 0 Å². The highest BCUT2D eigenvalue weighted by molar-refractivity contribution is 8.16. The van der Waals surface area contributed by atoms with E-state index in [1.807, 2.05) is 13.8 Å². The molecule has 2 heteroatoms. The molecule has 1 aliphatic heterocycles. The van der Waals surface area contributed by atoms with Crippen LogP contribution < -0.4 is 0 Å². The van der Waals surface area contributed by atoms with Gasteiger partial charge in [-0.05, 0) is 66.4 Å². The Bertz CT molecular complexity index is 340. The zero-order valence-electron chi connectivity index (χ0n) is 8.80. The molecule has 0 saturated carbocycles. The fraction of sp³-hybridized carbons (Fsp3) is 0.500. The van der Waals surface area contributed by atoms with Gasteiger partial charge in [0.15, 0.2) is 5.78 Å². The van der Waals surface area contributed by atoms with Crippen molar-refractivity contribution in [3.05, 3.63) is 23.3 Å². The molecule has 0 aromatic heterocycles. The first-order chi connectivity index (χ1) is 6.68. The SMILES string of the molecule is CC1=CC(=S2CCCC2)C=C(C)C1=O. The minimum Gasteiger partial charge on any atom is -0.289 e. The van der Waals surface area contributed by atoms with Gasteiger partial charge in [-0.25, -0.2) is 0 Å². The summed E-state index contributed by atoms with van der Waals surface area (Å²) in [6.07, 6.45) is 6.92. The number of hydrogen-bond donors (Lipinski definition) is 0. The maximum Gasteiger partial charge on any atom is 0.184 e. The van der Waals surface area contributed by atoms with Crippen molar-refractivity contribution >= 4 is 21.1 Å². The molecule has 0 spiro atoms. The van der Waals surface area contributed by atoms with Gasteiger partial charge in [0.1, 0.15) is 0 Å². The third-order valence-corrected chi connectivity index (χ3v) is 5.26. The summed E-state index contributed by atoms with van der Waals surface area (Å²) in [6, 6.07) is 0. The molecule has 2 rings (SSSR count). The summed E-state index contributed by atoms with van der Waals surface area (Å²) in [5.74, 6) is 2.88. The number of carbonyl (C=O) groups is 1. The molecule has 0 aromatic carbocycles. The lowest BCUT2D eigenvalue weighted by Gasteiger charge is -2.12. The predicted molar refractivity (Wildman–Crippen MR) is 64.1 cm³/mol. The summed E-state index contributed by atoms with van der Waals surface area (Å²) >= 11 is 0. The third kappa shape index (κ3) is 1.76. The predicted octanol–water partition coefficient (Wildman–Crippen LogP) is 2.70. The summed E-state index contributed by atoms with van der Waals surface area (Å²) in [7, 11) is 0.442. The van der Waals surface area contributed by atoms with E-state index < -0.39 is 0 Å². The zero-order valence-corrected chi connectivity index (χ0v) is 9.62. The van der Waals surface area contributed by atoms with Crippen LogP contribution in [-0.4, -0.2) is 22.2 Å². The molecule has 1 saturated heterocycles. The second-order valence-electron chi connectivity index (χ2n) is 3.99. The van der Waals surface area contributed by atoms with E-state index in [1.54, 1.807) is 0 Å². The Morgan fingerprint density at radius 3 is 2.07 bits per heavy atom. The molecule has 14 heavy (non-hydrogen) atoms. The van der Waals surface area contributed by atoms with Gasteiger partial charge >= 0.3 is 0 Å². The zero-order chi connectivity index (χ0) is 10.1. The van der Waals surface area contributed by atoms with Gasteiger partial charge in [0.25, 0.3) is 0 Å². The number of allylic oxidation sites excluding steroid dienone is 4. The van der Waals surface area contributed by atoms with Crippen LogP contribution in [0.25, 0.3) is 0 Å². The Balaban J connectivity index is 2.39. The summed E-state index contributed by atoms with van der Waals surface area (Å²) in [6.45, 7) is 3.86. The van der Waals surface area contributed by atoms with Crippen molar-refractivity contribution in [2.24, 2.45) is 0 Å². The maximum absolute atomic E-state index is 11.5. The summed E-state index contributed by atoms with van der Waals surface area (Å²) in [5.41, 5.74) is 1.83. The molecular formula is C12H16OS. The Kier molecular flexibility index (Phi) is 2.73. The van der Waals surface area contributed by atoms with E-state index in [1.165, 1.54) is 29.2 Å². The summed E-state index contributed by atoms with van der Waals surface area (Å²) in [5, 5.41) is 0. The molecule has 0 N–H and O–H groups in total. The van der Waals surface area contributed by atoms with Crippen molar-refractivity contribution in [1.82, 2.24) is 0 Å². The average molecular weight is 208 g/mol. The number of hydrogen-bond acceptors (Lipinski definition) is 1. The van der Waals surface area contributed by atoms with Crippen LogP contribution in [0, 0.1) is 0 Å². The molecule has 1 aliphatic carbocycles. The fourth-order valence-corrected chi connectivity index (χ4v) is 4.44. The van der Waals surface area contributed by atoms with Crippen molar-refractivity contribution < 1.29 is 4.79 Å². The van der Waals surface area contributed by atoms with Crippen molar-refractivity contribution in [1.29, 1.82) is 0 Å². The molecule has 0 aromatic rings. The minimum atomic E-state index is 0.219. The van der Waals surface area contributed by atoms with E-state index in [0.29, 0.717) is 10.5 Å². The van der Waals surface area contributed by atoms with E-state index in [0.717, 1.165) is 11.1 Å². The maximum atomic E-state index is 11.5. The number of Topliss-reactive ketones (excluding diaryl/α,β-unsaturated/α-hetero) is 1. The first-order valence-electron chi connectivity index (χ1n) is 5.14. The molecule has 76 valence electrons. The van der Waals surface area contributed by atoms with Crippen molar-refractivity contribution in [2.75, 3.05) is 11.5 Å². The standard InChI is InChI=1S/C12H16OS/c1-9-7-11(8-10(2)12(9)13)14-5-3-4-6-14/h7-8H,3-6H2,1-2H3. The molecule has 1 nitrogen and oxygen atoms in total. The van der Waals surface area contributed by atoms with E-state index in [4.69, 9.17) is 0 Å². The van der Waals surface area contributed by atoms with Crippen LogP contribution in [0.15, 0.2) is 23.3 Å². The lowest BCUT2D eigenvalue weighted by atomic mass is 9.99. The first-order valence-corrected chi connectivity index (χ1v) is 6.70. The van der Waals surface area contributed by atoms with E-state index in [9.17, 15) is 4.79 Å². The lowest BCUT2D eigenvalue weighted by Crippen LogP contribution is -2.10. The molecule has 0 amide bonds. The summed E-state index contributed by atoms with van der Waals surface area (Å²) < 4.78 is 0. The second kappa shape index (κ2) is 3.85. The van der Waals surface area contributed by atoms with Crippen LogP contribution >= 0.6 is 10.5 Å². The third-order valence-electron chi connectivity index (χ3n) is 2.80. The molecule has 1 fully saturated rings. The second-order valence-corrected chi connectivity index (χ2v) is 6.27. The molecule has 0 bridgehead atoms. The van der Waals surface area contributed by atoms with Crippen molar-refractivity contribution in [3.63, 3.8) is 0 Å². The van der Waals surface area contributed by atoms with Gasteiger partial charge in [0.05, 0.1) is 0 Å². The van der Waals surface area contributed by atoms with Gasteiger partial charge in [-0.1, -0.05) is 0 Å². The highest BCUT2D eigenvalue weighted by Crippen LogP contribution is 2.29. The quantitative estimate of drug-likeness (QED) is 0.559. The highest BCUT2D eigenvalue weighted by atomic mass is 32.2. The van der Waals surface area contributed by atoms with Crippen LogP contribution in [0.1, 0.15) is 26.7 Å². The largest absolute Gasteiger partial charge is 0.289 e. The Hall–Kier alpha value is -0.630. The highest BCUT2D eigenvalue weighted by Gasteiger charge is 2.16. The van der Waals surface area contributed by atoms with Crippen LogP contribution in [0.3, 0.4) is 0 Å². The van der Waals surface area contributed by atoms with Gasteiger partial charge in [-0.2, -0.15) is 10.5 Å². The molecule has 0 radical (unpaired) electrons. The molecule has 2 aliphatic rings. The molecule has 0 atom stereocenters. The van der Waals surface area contributed by atoms with Gasteiger partial charge in [-0.3, -0.25) is 4.79 Å². The van der Waals surface area contributed by atoms with E-state index >= 15 is 0 Å². The van der Waals surface area contributed by atoms with E-state index in [-0.39, 0.29) is 5.78 Å². The van der Waals surface area contributed by atoms with Gasteiger partial charge in [-0.15, -0.1) is 0 Å². The monoisotopic (exact) mass is 208 g/mol. The molecule has 0 unspecified atom stereocenters. The smallest absolute Gasteiger partial charge is 0.184 e. The van der Waals surface area contributed by atoms with Crippen LogP contribution in [0.5, 0.6) is 0 Å². The topological polar surface area (TPSA) is 17.1 Å². The van der Waals surface area contributed by atoms with E-state index in [2.05, 4.69) is 12.2 Å². The number of carbonyl (C=O) groups excluding carboxylic acids is 1. The summed E-state index contributed by atoms with van der Waals surface area (Å²) in [4.78, 5) is 13.0. The Morgan fingerprint density at radius 1 is 1.07 bits per heavy atom.